The SMILES string of the molecule is O=C(CCc1ccc(F)cc1)OCc1nnc(-c2ccco2)o1. The highest BCUT2D eigenvalue weighted by Crippen LogP contribution is 2.18. The van der Waals surface area contributed by atoms with E-state index in [1.807, 2.05) is 0 Å². The normalized spacial score (nSPS) is 10.7. The second-order valence-corrected chi connectivity index (χ2v) is 4.77. The first-order valence-electron chi connectivity index (χ1n) is 6.97. The van der Waals surface area contributed by atoms with Crippen molar-refractivity contribution in [3.05, 3.63) is 59.9 Å². The van der Waals surface area contributed by atoms with Gasteiger partial charge in [-0.2, -0.15) is 0 Å². The Morgan fingerprint density at radius 1 is 1.17 bits per heavy atom. The van der Waals surface area contributed by atoms with Gasteiger partial charge in [-0.3, -0.25) is 4.79 Å². The first kappa shape index (κ1) is 15.0. The molecule has 0 fully saturated rings. The van der Waals surface area contributed by atoms with E-state index < -0.39 is 5.97 Å². The number of rotatable bonds is 6. The van der Waals surface area contributed by atoms with Crippen molar-refractivity contribution in [1.82, 2.24) is 10.2 Å². The van der Waals surface area contributed by atoms with Gasteiger partial charge in [-0.25, -0.2) is 4.39 Å². The molecule has 0 amide bonds. The fourth-order valence-corrected chi connectivity index (χ4v) is 1.92. The molecular weight excluding hydrogens is 303 g/mol. The van der Waals surface area contributed by atoms with Crippen LogP contribution in [0.1, 0.15) is 17.9 Å². The summed E-state index contributed by atoms with van der Waals surface area (Å²) in [6, 6.07) is 9.37. The average Bonchev–Trinajstić information content (AvgIpc) is 3.23. The summed E-state index contributed by atoms with van der Waals surface area (Å²) in [4.78, 5) is 11.7. The van der Waals surface area contributed by atoms with E-state index in [0.29, 0.717) is 12.2 Å². The van der Waals surface area contributed by atoms with E-state index in [9.17, 15) is 9.18 Å². The lowest BCUT2D eigenvalue weighted by Gasteiger charge is -2.02. The summed E-state index contributed by atoms with van der Waals surface area (Å²) in [5, 5.41) is 7.58. The molecule has 2 heterocycles. The number of aryl methyl sites for hydroxylation is 1. The topological polar surface area (TPSA) is 78.4 Å². The lowest BCUT2D eigenvalue weighted by molar-refractivity contribution is -0.145. The van der Waals surface area contributed by atoms with Crippen LogP contribution in [0.2, 0.25) is 0 Å². The minimum absolute atomic E-state index is 0.101. The molecule has 0 unspecified atom stereocenters. The second-order valence-electron chi connectivity index (χ2n) is 4.77. The Bertz CT molecular complexity index is 766. The number of furan rings is 1. The Balaban J connectivity index is 1.46. The predicted molar refractivity (Wildman–Crippen MR) is 76.5 cm³/mol. The highest BCUT2D eigenvalue weighted by molar-refractivity contribution is 5.69. The zero-order valence-electron chi connectivity index (χ0n) is 12.1. The molecule has 118 valence electrons. The molecule has 0 aliphatic heterocycles. The summed E-state index contributed by atoms with van der Waals surface area (Å²) in [5.41, 5.74) is 0.862. The van der Waals surface area contributed by atoms with Gasteiger partial charge in [0.1, 0.15) is 5.82 Å². The standard InChI is InChI=1S/C16H13FN2O4/c17-12-6-3-11(4-7-12)5-8-15(20)22-10-14-18-19-16(23-14)13-2-1-9-21-13/h1-4,6-7,9H,5,8,10H2. The first-order chi connectivity index (χ1) is 11.2. The van der Waals surface area contributed by atoms with Gasteiger partial charge in [0.05, 0.1) is 6.26 Å². The van der Waals surface area contributed by atoms with Crippen LogP contribution in [0.5, 0.6) is 0 Å². The summed E-state index contributed by atoms with van der Waals surface area (Å²) in [6.45, 7) is -0.101. The van der Waals surface area contributed by atoms with Gasteiger partial charge < -0.3 is 13.6 Å². The zero-order valence-corrected chi connectivity index (χ0v) is 12.1. The van der Waals surface area contributed by atoms with Gasteiger partial charge in [-0.1, -0.05) is 12.1 Å². The molecule has 0 aliphatic carbocycles. The molecule has 0 N–H and O–H groups in total. The van der Waals surface area contributed by atoms with E-state index in [4.69, 9.17) is 13.6 Å². The zero-order chi connectivity index (χ0) is 16.1. The van der Waals surface area contributed by atoms with Crippen LogP contribution in [-0.2, 0) is 22.6 Å². The van der Waals surface area contributed by atoms with Crippen LogP contribution < -0.4 is 0 Å². The number of aromatic nitrogens is 2. The maximum atomic E-state index is 12.8. The quantitative estimate of drug-likeness (QED) is 0.650. The summed E-state index contributed by atoms with van der Waals surface area (Å²) in [7, 11) is 0. The Labute approximate surface area is 130 Å². The fraction of sp³-hybridized carbons (Fsp3) is 0.188. The molecule has 23 heavy (non-hydrogen) atoms. The van der Waals surface area contributed by atoms with Crippen molar-refractivity contribution in [3.8, 4) is 11.7 Å². The molecule has 0 atom stereocenters. The van der Waals surface area contributed by atoms with Gasteiger partial charge >= 0.3 is 5.97 Å². The third-order valence-electron chi connectivity index (χ3n) is 3.09. The van der Waals surface area contributed by atoms with Crippen LogP contribution in [-0.4, -0.2) is 16.2 Å². The molecule has 3 aromatic rings. The Kier molecular flexibility index (Phi) is 4.46. The second kappa shape index (κ2) is 6.87. The predicted octanol–water partition coefficient (Wildman–Crippen LogP) is 3.14. The van der Waals surface area contributed by atoms with E-state index >= 15 is 0 Å². The van der Waals surface area contributed by atoms with Crippen LogP contribution in [0.15, 0.2) is 51.5 Å². The van der Waals surface area contributed by atoms with Gasteiger partial charge in [0.25, 0.3) is 11.8 Å². The third-order valence-corrected chi connectivity index (χ3v) is 3.09. The van der Waals surface area contributed by atoms with Gasteiger partial charge in [0, 0.05) is 6.42 Å². The highest BCUT2D eigenvalue weighted by Gasteiger charge is 2.12. The van der Waals surface area contributed by atoms with Crippen molar-refractivity contribution >= 4 is 5.97 Å². The molecule has 2 aromatic heterocycles. The third kappa shape index (κ3) is 4.03. The number of halogens is 1. The van der Waals surface area contributed by atoms with Crippen molar-refractivity contribution in [1.29, 1.82) is 0 Å². The number of hydrogen-bond donors (Lipinski definition) is 0. The van der Waals surface area contributed by atoms with E-state index in [1.54, 1.807) is 24.3 Å². The van der Waals surface area contributed by atoms with E-state index in [0.717, 1.165) is 5.56 Å². The summed E-state index contributed by atoms with van der Waals surface area (Å²) < 4.78 is 28.3. The van der Waals surface area contributed by atoms with Crippen LogP contribution in [0, 0.1) is 5.82 Å². The van der Waals surface area contributed by atoms with Crippen molar-refractivity contribution in [2.75, 3.05) is 0 Å². The van der Waals surface area contributed by atoms with Crippen molar-refractivity contribution in [2.45, 2.75) is 19.4 Å². The van der Waals surface area contributed by atoms with Gasteiger partial charge in [0.15, 0.2) is 12.4 Å². The molecule has 0 saturated heterocycles. The maximum absolute atomic E-state index is 12.8. The minimum Gasteiger partial charge on any atom is -0.459 e. The maximum Gasteiger partial charge on any atom is 0.306 e. The molecule has 0 saturated carbocycles. The van der Waals surface area contributed by atoms with Gasteiger partial charge in [-0.15, -0.1) is 10.2 Å². The lowest BCUT2D eigenvalue weighted by atomic mass is 10.1. The number of benzene rings is 1. The first-order valence-corrected chi connectivity index (χ1v) is 6.97. The molecule has 3 rings (SSSR count). The molecule has 0 bridgehead atoms. The van der Waals surface area contributed by atoms with Crippen LogP contribution in [0.25, 0.3) is 11.7 Å². The number of carbonyl (C=O) groups is 1. The Morgan fingerprint density at radius 2 is 2.00 bits per heavy atom. The van der Waals surface area contributed by atoms with Crippen molar-refractivity contribution < 1.29 is 22.8 Å². The Hall–Kier alpha value is -2.96. The molecule has 1 aromatic carbocycles. The van der Waals surface area contributed by atoms with Crippen molar-refractivity contribution in [2.24, 2.45) is 0 Å². The van der Waals surface area contributed by atoms with Gasteiger partial charge in [-0.05, 0) is 36.2 Å². The number of esters is 1. The molecule has 7 heteroatoms. The molecule has 0 aliphatic rings. The summed E-state index contributed by atoms with van der Waals surface area (Å²) in [5.74, 6) is 0.164. The lowest BCUT2D eigenvalue weighted by Crippen LogP contribution is -2.06. The van der Waals surface area contributed by atoms with E-state index in [1.165, 1.54) is 18.4 Å². The molecule has 0 spiro atoms. The van der Waals surface area contributed by atoms with Crippen LogP contribution in [0.3, 0.4) is 0 Å². The smallest absolute Gasteiger partial charge is 0.306 e. The minimum atomic E-state index is -0.396. The highest BCUT2D eigenvalue weighted by atomic mass is 19.1. The number of nitrogens with zero attached hydrogens (tertiary/aromatic N) is 2. The summed E-state index contributed by atoms with van der Waals surface area (Å²) in [6.07, 6.45) is 2.15. The number of hydrogen-bond acceptors (Lipinski definition) is 6. The van der Waals surface area contributed by atoms with Crippen LogP contribution >= 0.6 is 0 Å². The number of ether oxygens (including phenoxy) is 1. The van der Waals surface area contributed by atoms with E-state index in [2.05, 4.69) is 10.2 Å². The Morgan fingerprint density at radius 3 is 2.74 bits per heavy atom. The fourth-order valence-electron chi connectivity index (χ4n) is 1.92. The molecule has 0 radical (unpaired) electrons. The summed E-state index contributed by atoms with van der Waals surface area (Å²) >= 11 is 0. The molecule has 6 nitrogen and oxygen atoms in total. The van der Waals surface area contributed by atoms with Gasteiger partial charge in [0.2, 0.25) is 0 Å². The average molecular weight is 316 g/mol. The monoisotopic (exact) mass is 316 g/mol. The van der Waals surface area contributed by atoms with E-state index in [-0.39, 0.29) is 30.6 Å². The number of carbonyl (C=O) groups excluding carboxylic acids is 1. The largest absolute Gasteiger partial charge is 0.459 e. The molecular formula is C16H13FN2O4. The van der Waals surface area contributed by atoms with Crippen molar-refractivity contribution in [3.63, 3.8) is 0 Å². The van der Waals surface area contributed by atoms with Crippen LogP contribution in [0.4, 0.5) is 4.39 Å².